The van der Waals surface area contributed by atoms with Gasteiger partial charge in [0.05, 0.1) is 20.8 Å². The lowest BCUT2D eigenvalue weighted by Crippen LogP contribution is -2.37. The highest BCUT2D eigenvalue weighted by Gasteiger charge is 2.11. The minimum Gasteiger partial charge on any atom is -0.497 e. The Kier molecular flexibility index (Phi) is 6.36. The predicted octanol–water partition coefficient (Wildman–Crippen LogP) is 0.960. The first-order valence-corrected chi connectivity index (χ1v) is 6.38. The number of benzene rings is 1. The van der Waals surface area contributed by atoms with Crippen LogP contribution in [0.2, 0.25) is 0 Å². The molecule has 1 rings (SSSR count). The summed E-state index contributed by atoms with van der Waals surface area (Å²) < 4.78 is 10.2. The summed E-state index contributed by atoms with van der Waals surface area (Å²) in [6.45, 7) is 2.50. The van der Waals surface area contributed by atoms with Crippen LogP contribution in [0.5, 0.6) is 11.5 Å². The van der Waals surface area contributed by atoms with E-state index in [-0.39, 0.29) is 18.4 Å². The van der Waals surface area contributed by atoms with E-state index in [1.165, 1.54) is 14.2 Å². The maximum Gasteiger partial charge on any atom is 0.251 e. The molecule has 0 fully saturated rings. The van der Waals surface area contributed by atoms with Gasteiger partial charge in [0, 0.05) is 18.2 Å². The van der Waals surface area contributed by atoms with Crippen LogP contribution in [0.4, 0.5) is 0 Å². The van der Waals surface area contributed by atoms with E-state index in [9.17, 15) is 9.59 Å². The van der Waals surface area contributed by atoms with Crippen LogP contribution in [0.1, 0.15) is 23.7 Å². The maximum absolute atomic E-state index is 12.0. The molecule has 20 heavy (non-hydrogen) atoms. The monoisotopic (exact) mass is 280 g/mol. The highest BCUT2D eigenvalue weighted by molar-refractivity contribution is 5.97. The van der Waals surface area contributed by atoms with E-state index in [4.69, 9.17) is 9.47 Å². The molecule has 0 radical (unpaired) electrons. The van der Waals surface area contributed by atoms with Gasteiger partial charge in [0.1, 0.15) is 11.5 Å². The highest BCUT2D eigenvalue weighted by atomic mass is 16.5. The van der Waals surface area contributed by atoms with Gasteiger partial charge in [-0.1, -0.05) is 6.92 Å². The Labute approximate surface area is 118 Å². The van der Waals surface area contributed by atoms with Gasteiger partial charge in [-0.05, 0) is 18.6 Å². The summed E-state index contributed by atoms with van der Waals surface area (Å²) in [6.07, 6.45) is 0.854. The molecule has 0 aliphatic rings. The molecule has 0 aliphatic carbocycles. The smallest absolute Gasteiger partial charge is 0.251 e. The third kappa shape index (κ3) is 4.79. The molecule has 1 aromatic carbocycles. The fraction of sp³-hybridized carbons (Fsp3) is 0.429. The zero-order chi connectivity index (χ0) is 15.0. The third-order valence-electron chi connectivity index (χ3n) is 2.60. The van der Waals surface area contributed by atoms with Gasteiger partial charge in [0.2, 0.25) is 5.91 Å². The van der Waals surface area contributed by atoms with Crippen molar-refractivity contribution in [1.29, 1.82) is 0 Å². The average Bonchev–Trinajstić information content (AvgIpc) is 2.49. The van der Waals surface area contributed by atoms with E-state index in [1.807, 2.05) is 6.92 Å². The van der Waals surface area contributed by atoms with Gasteiger partial charge >= 0.3 is 0 Å². The van der Waals surface area contributed by atoms with Crippen molar-refractivity contribution in [2.45, 2.75) is 13.3 Å². The van der Waals surface area contributed by atoms with E-state index in [0.29, 0.717) is 23.6 Å². The largest absolute Gasteiger partial charge is 0.497 e. The summed E-state index contributed by atoms with van der Waals surface area (Å²) in [7, 11) is 3.02. The molecular formula is C14H20N2O4. The Morgan fingerprint density at radius 1 is 1.05 bits per heavy atom. The lowest BCUT2D eigenvalue weighted by Gasteiger charge is -2.09. The topological polar surface area (TPSA) is 76.7 Å². The van der Waals surface area contributed by atoms with Crippen LogP contribution in [-0.2, 0) is 4.79 Å². The van der Waals surface area contributed by atoms with Gasteiger partial charge in [-0.2, -0.15) is 0 Å². The third-order valence-corrected chi connectivity index (χ3v) is 2.60. The summed E-state index contributed by atoms with van der Waals surface area (Å²) >= 11 is 0. The molecule has 0 aromatic heterocycles. The SMILES string of the molecule is CCCNC(=O)CNC(=O)c1cc(OC)cc(OC)c1. The van der Waals surface area contributed by atoms with Gasteiger partial charge in [-0.3, -0.25) is 9.59 Å². The molecule has 0 aliphatic heterocycles. The van der Waals surface area contributed by atoms with Crippen LogP contribution >= 0.6 is 0 Å². The van der Waals surface area contributed by atoms with E-state index in [1.54, 1.807) is 18.2 Å². The molecule has 0 heterocycles. The fourth-order valence-electron chi connectivity index (χ4n) is 1.53. The zero-order valence-electron chi connectivity index (χ0n) is 12.0. The minimum absolute atomic E-state index is 0.0572. The summed E-state index contributed by atoms with van der Waals surface area (Å²) in [5.41, 5.74) is 0.379. The Morgan fingerprint density at radius 2 is 1.65 bits per heavy atom. The van der Waals surface area contributed by atoms with Gasteiger partial charge in [-0.15, -0.1) is 0 Å². The van der Waals surface area contributed by atoms with Crippen molar-refractivity contribution < 1.29 is 19.1 Å². The van der Waals surface area contributed by atoms with Crippen LogP contribution in [0.25, 0.3) is 0 Å². The molecule has 0 spiro atoms. The first kappa shape index (κ1) is 15.8. The van der Waals surface area contributed by atoms with Gasteiger partial charge in [0.15, 0.2) is 0 Å². The predicted molar refractivity (Wildman–Crippen MR) is 75.2 cm³/mol. The lowest BCUT2D eigenvalue weighted by molar-refractivity contribution is -0.120. The summed E-state index contributed by atoms with van der Waals surface area (Å²) in [5.74, 6) is 0.471. The Morgan fingerprint density at radius 3 is 2.15 bits per heavy atom. The molecule has 0 atom stereocenters. The first-order valence-electron chi connectivity index (χ1n) is 6.38. The highest BCUT2D eigenvalue weighted by Crippen LogP contribution is 2.22. The Hall–Kier alpha value is -2.24. The second-order valence-corrected chi connectivity index (χ2v) is 4.13. The number of amides is 2. The van der Waals surface area contributed by atoms with Crippen LogP contribution in [0.15, 0.2) is 18.2 Å². The second-order valence-electron chi connectivity index (χ2n) is 4.13. The zero-order valence-corrected chi connectivity index (χ0v) is 12.0. The van der Waals surface area contributed by atoms with Crippen LogP contribution in [0.3, 0.4) is 0 Å². The number of nitrogens with one attached hydrogen (secondary N) is 2. The number of hydrogen-bond donors (Lipinski definition) is 2. The fourth-order valence-corrected chi connectivity index (χ4v) is 1.53. The molecule has 6 nitrogen and oxygen atoms in total. The first-order chi connectivity index (χ1) is 9.60. The van der Waals surface area contributed by atoms with Crippen LogP contribution in [0, 0.1) is 0 Å². The second kappa shape index (κ2) is 8.04. The van der Waals surface area contributed by atoms with Crippen molar-refractivity contribution in [2.24, 2.45) is 0 Å². The normalized spacial score (nSPS) is 9.75. The van der Waals surface area contributed by atoms with E-state index in [2.05, 4.69) is 10.6 Å². The minimum atomic E-state index is -0.353. The maximum atomic E-state index is 12.0. The number of hydrogen-bond acceptors (Lipinski definition) is 4. The molecule has 2 amide bonds. The van der Waals surface area contributed by atoms with Crippen molar-refractivity contribution in [3.05, 3.63) is 23.8 Å². The van der Waals surface area contributed by atoms with Crippen molar-refractivity contribution in [3.8, 4) is 11.5 Å². The van der Waals surface area contributed by atoms with Gasteiger partial charge in [-0.25, -0.2) is 0 Å². The molecule has 0 saturated carbocycles. The Balaban J connectivity index is 2.65. The van der Waals surface area contributed by atoms with Gasteiger partial charge < -0.3 is 20.1 Å². The molecule has 1 aromatic rings. The van der Waals surface area contributed by atoms with E-state index >= 15 is 0 Å². The molecule has 0 saturated heterocycles. The molecule has 110 valence electrons. The number of rotatable bonds is 7. The molecular weight excluding hydrogens is 260 g/mol. The van der Waals surface area contributed by atoms with E-state index in [0.717, 1.165) is 6.42 Å². The average molecular weight is 280 g/mol. The summed E-state index contributed by atoms with van der Waals surface area (Å²) in [6, 6.07) is 4.84. The molecule has 0 unspecified atom stereocenters. The van der Waals surface area contributed by atoms with E-state index < -0.39 is 0 Å². The van der Waals surface area contributed by atoms with Crippen molar-refractivity contribution >= 4 is 11.8 Å². The number of ether oxygens (including phenoxy) is 2. The van der Waals surface area contributed by atoms with Crippen molar-refractivity contribution in [1.82, 2.24) is 10.6 Å². The standard InChI is InChI=1S/C14H20N2O4/c1-4-5-15-13(17)9-16-14(18)10-6-11(19-2)8-12(7-10)20-3/h6-8H,4-5,9H2,1-3H3,(H,15,17)(H,16,18). The molecule has 2 N–H and O–H groups in total. The lowest BCUT2D eigenvalue weighted by atomic mass is 10.2. The van der Waals surface area contributed by atoms with Crippen molar-refractivity contribution in [2.75, 3.05) is 27.3 Å². The summed E-state index contributed by atoms with van der Waals surface area (Å²) in [5, 5.41) is 5.23. The quantitative estimate of drug-likeness (QED) is 0.780. The number of methoxy groups -OCH3 is 2. The van der Waals surface area contributed by atoms with Crippen LogP contribution < -0.4 is 20.1 Å². The number of carbonyl (C=O) groups excluding carboxylic acids is 2. The molecule has 0 bridgehead atoms. The van der Waals surface area contributed by atoms with Gasteiger partial charge in [0.25, 0.3) is 5.91 Å². The van der Waals surface area contributed by atoms with Crippen LogP contribution in [-0.4, -0.2) is 39.1 Å². The summed E-state index contributed by atoms with van der Waals surface area (Å²) in [4.78, 5) is 23.4. The molecule has 6 heteroatoms. The Bertz CT molecular complexity index is 452. The van der Waals surface area contributed by atoms with Crippen molar-refractivity contribution in [3.63, 3.8) is 0 Å². The number of carbonyl (C=O) groups is 2.